The number of hydrogen-bond acceptors (Lipinski definition) is 4. The third-order valence-corrected chi connectivity index (χ3v) is 2.77. The normalized spacial score (nSPS) is 10.7. The molecule has 2 aromatic heterocycles. The van der Waals surface area contributed by atoms with Gasteiger partial charge in [0.25, 0.3) is 5.56 Å². The fraction of sp³-hybridized carbons (Fsp3) is 0. The highest BCUT2D eigenvalue weighted by atomic mass is 19.1. The Hall–Kier alpha value is -2.89. The molecule has 20 heavy (non-hydrogen) atoms. The molecule has 2 heterocycles. The van der Waals surface area contributed by atoms with Crippen molar-refractivity contribution in [2.45, 2.75) is 0 Å². The first kappa shape index (κ1) is 12.2. The summed E-state index contributed by atoms with van der Waals surface area (Å²) in [6.07, 6.45) is 1.42. The number of halogens is 1. The Kier molecular flexibility index (Phi) is 2.83. The first-order valence-corrected chi connectivity index (χ1v) is 5.78. The zero-order chi connectivity index (χ0) is 14.1. The molecule has 0 atom stereocenters. The summed E-state index contributed by atoms with van der Waals surface area (Å²) in [5.74, 6) is -0.553. The first-order valence-electron chi connectivity index (χ1n) is 5.78. The van der Waals surface area contributed by atoms with Gasteiger partial charge >= 0.3 is 0 Å². The minimum atomic E-state index is -0.575. The van der Waals surface area contributed by atoms with E-state index in [-0.39, 0.29) is 17.0 Å². The van der Waals surface area contributed by atoms with E-state index in [4.69, 9.17) is 4.42 Å². The lowest BCUT2D eigenvalue weighted by Gasteiger charge is -2.05. The summed E-state index contributed by atoms with van der Waals surface area (Å²) in [5.41, 5.74) is -0.406. The van der Waals surface area contributed by atoms with Gasteiger partial charge in [0.15, 0.2) is 11.6 Å². The molecule has 0 fully saturated rings. The third-order valence-electron chi connectivity index (χ3n) is 2.77. The van der Waals surface area contributed by atoms with Gasteiger partial charge in [-0.15, -0.1) is 0 Å². The van der Waals surface area contributed by atoms with Crippen molar-refractivity contribution in [2.75, 3.05) is 0 Å². The van der Waals surface area contributed by atoms with Crippen LogP contribution in [0.5, 0.6) is 5.88 Å². The predicted octanol–water partition coefficient (Wildman–Crippen LogP) is 2.54. The van der Waals surface area contributed by atoms with Crippen molar-refractivity contribution >= 4 is 0 Å². The standard InChI is InChI=1S/C14H9FN2O3/c15-9-4-1-3-8(7-9)11-13(18)16-12(17-14(11)19)10-5-2-6-20-10/h1-7H,(H2,16,17,18,19). The Morgan fingerprint density at radius 1 is 1.25 bits per heavy atom. The van der Waals surface area contributed by atoms with E-state index in [1.54, 1.807) is 12.1 Å². The number of aromatic nitrogens is 2. The maximum Gasteiger partial charge on any atom is 0.263 e. The summed E-state index contributed by atoms with van der Waals surface area (Å²) >= 11 is 0. The second-order valence-electron chi connectivity index (χ2n) is 4.10. The van der Waals surface area contributed by atoms with Gasteiger partial charge in [-0.1, -0.05) is 12.1 Å². The van der Waals surface area contributed by atoms with Crippen molar-refractivity contribution in [2.24, 2.45) is 0 Å². The molecule has 0 bridgehead atoms. The number of benzene rings is 1. The second kappa shape index (κ2) is 4.65. The molecular weight excluding hydrogens is 263 g/mol. The van der Waals surface area contributed by atoms with Gasteiger partial charge in [0.05, 0.1) is 6.26 Å². The molecule has 0 aliphatic rings. The van der Waals surface area contributed by atoms with Gasteiger partial charge in [-0.25, -0.2) is 4.39 Å². The van der Waals surface area contributed by atoms with Crippen LogP contribution in [0.1, 0.15) is 0 Å². The summed E-state index contributed by atoms with van der Waals surface area (Å²) in [5, 5.41) is 9.92. The van der Waals surface area contributed by atoms with Crippen LogP contribution in [-0.2, 0) is 0 Å². The van der Waals surface area contributed by atoms with Gasteiger partial charge < -0.3 is 14.5 Å². The fourth-order valence-corrected chi connectivity index (χ4v) is 1.90. The first-order chi connectivity index (χ1) is 9.65. The van der Waals surface area contributed by atoms with Crippen molar-refractivity contribution < 1.29 is 13.9 Å². The van der Waals surface area contributed by atoms with Gasteiger partial charge in [0.2, 0.25) is 5.88 Å². The predicted molar refractivity (Wildman–Crippen MR) is 69.6 cm³/mol. The van der Waals surface area contributed by atoms with Crippen molar-refractivity contribution in [1.29, 1.82) is 0 Å². The monoisotopic (exact) mass is 272 g/mol. The van der Waals surface area contributed by atoms with Gasteiger partial charge in [0.1, 0.15) is 11.4 Å². The molecule has 5 nitrogen and oxygen atoms in total. The number of furan rings is 1. The molecule has 0 amide bonds. The van der Waals surface area contributed by atoms with Gasteiger partial charge in [0, 0.05) is 0 Å². The quantitative estimate of drug-likeness (QED) is 0.751. The maximum absolute atomic E-state index is 13.2. The molecule has 0 radical (unpaired) electrons. The summed E-state index contributed by atoms with van der Waals surface area (Å²) in [7, 11) is 0. The van der Waals surface area contributed by atoms with Crippen LogP contribution >= 0.6 is 0 Å². The minimum Gasteiger partial charge on any atom is -0.493 e. The summed E-state index contributed by atoms with van der Waals surface area (Å²) in [4.78, 5) is 18.4. The van der Waals surface area contributed by atoms with E-state index in [2.05, 4.69) is 9.97 Å². The average Bonchev–Trinajstić information content (AvgIpc) is 2.91. The maximum atomic E-state index is 13.2. The van der Waals surface area contributed by atoms with Crippen LogP contribution < -0.4 is 5.56 Å². The highest BCUT2D eigenvalue weighted by molar-refractivity contribution is 5.68. The SMILES string of the molecule is O=c1[nH]c(-c2ccco2)nc(O)c1-c1cccc(F)c1. The van der Waals surface area contributed by atoms with Gasteiger partial charge in [-0.05, 0) is 29.8 Å². The summed E-state index contributed by atoms with van der Waals surface area (Å²) in [6, 6.07) is 8.59. The van der Waals surface area contributed by atoms with E-state index in [0.717, 1.165) is 6.07 Å². The Bertz CT molecular complexity index is 810. The lowest BCUT2D eigenvalue weighted by molar-refractivity contribution is 0.452. The van der Waals surface area contributed by atoms with Gasteiger partial charge in [-0.3, -0.25) is 4.79 Å². The van der Waals surface area contributed by atoms with Crippen molar-refractivity contribution in [3.05, 3.63) is 58.8 Å². The number of nitrogens with zero attached hydrogens (tertiary/aromatic N) is 1. The lowest BCUT2D eigenvalue weighted by Crippen LogP contribution is -2.12. The van der Waals surface area contributed by atoms with Crippen LogP contribution in [0.3, 0.4) is 0 Å². The zero-order valence-corrected chi connectivity index (χ0v) is 10.1. The minimum absolute atomic E-state index is 0.0835. The molecular formula is C14H9FN2O3. The molecule has 1 aromatic carbocycles. The van der Waals surface area contributed by atoms with Crippen LogP contribution in [0.2, 0.25) is 0 Å². The summed E-state index contributed by atoms with van der Waals surface area (Å²) in [6.45, 7) is 0. The largest absolute Gasteiger partial charge is 0.493 e. The molecule has 0 aliphatic heterocycles. The molecule has 2 N–H and O–H groups in total. The zero-order valence-electron chi connectivity index (χ0n) is 10.1. The highest BCUT2D eigenvalue weighted by Gasteiger charge is 2.15. The number of aromatic amines is 1. The third kappa shape index (κ3) is 2.07. The van der Waals surface area contributed by atoms with E-state index in [9.17, 15) is 14.3 Å². The Morgan fingerprint density at radius 2 is 2.10 bits per heavy atom. The summed E-state index contributed by atoms with van der Waals surface area (Å²) < 4.78 is 18.3. The van der Waals surface area contributed by atoms with Crippen molar-refractivity contribution in [3.8, 4) is 28.6 Å². The van der Waals surface area contributed by atoms with E-state index < -0.39 is 17.3 Å². The number of rotatable bonds is 2. The van der Waals surface area contributed by atoms with Crippen LogP contribution in [0, 0.1) is 5.82 Å². The van der Waals surface area contributed by atoms with E-state index in [1.807, 2.05) is 0 Å². The molecule has 6 heteroatoms. The van der Waals surface area contributed by atoms with E-state index in [0.29, 0.717) is 5.76 Å². The van der Waals surface area contributed by atoms with Gasteiger partial charge in [-0.2, -0.15) is 4.98 Å². The smallest absolute Gasteiger partial charge is 0.263 e. The lowest BCUT2D eigenvalue weighted by atomic mass is 10.1. The van der Waals surface area contributed by atoms with Crippen LogP contribution in [0.15, 0.2) is 51.9 Å². The molecule has 3 rings (SSSR count). The Balaban J connectivity index is 2.17. The number of hydrogen-bond donors (Lipinski definition) is 2. The Morgan fingerprint density at radius 3 is 2.75 bits per heavy atom. The fourth-order valence-electron chi connectivity index (χ4n) is 1.90. The average molecular weight is 272 g/mol. The Labute approximate surface area is 112 Å². The second-order valence-corrected chi connectivity index (χ2v) is 4.10. The molecule has 0 unspecified atom stereocenters. The van der Waals surface area contributed by atoms with E-state index in [1.165, 1.54) is 24.5 Å². The van der Waals surface area contributed by atoms with Crippen LogP contribution in [0.25, 0.3) is 22.7 Å². The van der Waals surface area contributed by atoms with Crippen molar-refractivity contribution in [3.63, 3.8) is 0 Å². The van der Waals surface area contributed by atoms with Crippen LogP contribution in [0.4, 0.5) is 4.39 Å². The number of nitrogens with one attached hydrogen (secondary N) is 1. The molecule has 100 valence electrons. The molecule has 0 aliphatic carbocycles. The van der Waals surface area contributed by atoms with E-state index >= 15 is 0 Å². The number of H-pyrrole nitrogens is 1. The van der Waals surface area contributed by atoms with Crippen LogP contribution in [-0.4, -0.2) is 15.1 Å². The molecule has 0 saturated carbocycles. The number of aromatic hydroxyl groups is 1. The molecule has 0 saturated heterocycles. The van der Waals surface area contributed by atoms with Crippen molar-refractivity contribution in [1.82, 2.24) is 9.97 Å². The molecule has 0 spiro atoms. The molecule has 3 aromatic rings. The topological polar surface area (TPSA) is 79.1 Å². The highest BCUT2D eigenvalue weighted by Crippen LogP contribution is 2.26.